The molecule has 0 radical (unpaired) electrons. The van der Waals surface area contributed by atoms with Gasteiger partial charge in [-0.1, -0.05) is 0 Å². The van der Waals surface area contributed by atoms with Crippen LogP contribution in [0.5, 0.6) is 0 Å². The normalized spacial score (nSPS) is 9.94. The minimum absolute atomic E-state index is 0.0301. The number of carbonyl (C=O) groups is 1. The quantitative estimate of drug-likeness (QED) is 0.768. The van der Waals surface area contributed by atoms with E-state index in [0.29, 0.717) is 5.69 Å². The van der Waals surface area contributed by atoms with Gasteiger partial charge in [0.05, 0.1) is 11.9 Å². The Bertz CT molecular complexity index is 544. The van der Waals surface area contributed by atoms with Crippen molar-refractivity contribution in [3.8, 4) is 0 Å². The molecule has 1 aromatic heterocycles. The van der Waals surface area contributed by atoms with Crippen LogP contribution >= 0.6 is 0 Å². The number of nitrogens with zero attached hydrogens (tertiary/aromatic N) is 2. The van der Waals surface area contributed by atoms with Crippen LogP contribution in [0.2, 0.25) is 0 Å². The van der Waals surface area contributed by atoms with E-state index < -0.39 is 11.7 Å². The lowest BCUT2D eigenvalue weighted by Crippen LogP contribution is -2.14. The van der Waals surface area contributed by atoms with Crippen molar-refractivity contribution in [1.82, 2.24) is 9.97 Å². The van der Waals surface area contributed by atoms with Gasteiger partial charge in [0, 0.05) is 18.1 Å². The molecule has 1 amide bonds. The van der Waals surface area contributed by atoms with Crippen molar-refractivity contribution in [2.75, 3.05) is 11.1 Å². The Kier molecular flexibility index (Phi) is 2.95. The average Bonchev–Trinajstić information content (AvgIpc) is 2.35. The van der Waals surface area contributed by atoms with Gasteiger partial charge in [0.15, 0.2) is 0 Å². The van der Waals surface area contributed by atoms with Crippen LogP contribution in [0, 0.1) is 5.82 Å². The Labute approximate surface area is 96.5 Å². The summed E-state index contributed by atoms with van der Waals surface area (Å²) in [5.74, 6) is -1.04. The van der Waals surface area contributed by atoms with Gasteiger partial charge in [-0.15, -0.1) is 0 Å². The summed E-state index contributed by atoms with van der Waals surface area (Å²) in [4.78, 5) is 19.2. The molecule has 0 aliphatic carbocycles. The zero-order valence-corrected chi connectivity index (χ0v) is 8.72. The molecule has 2 aromatic rings. The van der Waals surface area contributed by atoms with Gasteiger partial charge in [0.25, 0.3) is 5.91 Å². The van der Waals surface area contributed by atoms with E-state index in [-0.39, 0.29) is 11.4 Å². The second-order valence-electron chi connectivity index (χ2n) is 3.28. The Balaban J connectivity index is 2.16. The highest BCUT2D eigenvalue weighted by molar-refractivity contribution is 6.02. The van der Waals surface area contributed by atoms with E-state index in [1.807, 2.05) is 0 Å². The summed E-state index contributed by atoms with van der Waals surface area (Å²) in [5, 5.41) is 2.49. The number of halogens is 1. The number of hydrogen-bond acceptors (Lipinski definition) is 4. The second-order valence-corrected chi connectivity index (χ2v) is 3.28. The molecule has 1 aromatic carbocycles. The number of nitrogen functional groups attached to an aromatic ring is 1. The first-order valence-corrected chi connectivity index (χ1v) is 4.79. The summed E-state index contributed by atoms with van der Waals surface area (Å²) in [5.41, 5.74) is 5.82. The summed E-state index contributed by atoms with van der Waals surface area (Å²) < 4.78 is 13.1. The van der Waals surface area contributed by atoms with Crippen LogP contribution in [0.15, 0.2) is 36.8 Å². The third-order valence-corrected chi connectivity index (χ3v) is 2.05. The van der Waals surface area contributed by atoms with Gasteiger partial charge in [-0.05, 0) is 18.2 Å². The Morgan fingerprint density at radius 2 is 2.18 bits per heavy atom. The number of anilines is 2. The molecule has 0 saturated carbocycles. The van der Waals surface area contributed by atoms with E-state index in [0.717, 1.165) is 6.07 Å². The molecule has 0 aliphatic rings. The molecule has 0 saturated heterocycles. The largest absolute Gasteiger partial charge is 0.396 e. The van der Waals surface area contributed by atoms with Gasteiger partial charge in [-0.25, -0.2) is 9.37 Å². The highest BCUT2D eigenvalue weighted by Crippen LogP contribution is 2.16. The molecule has 0 aliphatic heterocycles. The van der Waals surface area contributed by atoms with E-state index in [4.69, 9.17) is 5.73 Å². The standard InChI is InChI=1S/C11H9FN4O/c12-8-5-7(1-2-9(8)13)16-11(17)10-6-14-3-4-15-10/h1-6H,13H2,(H,16,17). The van der Waals surface area contributed by atoms with E-state index >= 15 is 0 Å². The third kappa shape index (κ3) is 2.54. The third-order valence-electron chi connectivity index (χ3n) is 2.05. The number of rotatable bonds is 2. The Hall–Kier alpha value is -2.50. The van der Waals surface area contributed by atoms with Crippen molar-refractivity contribution in [2.45, 2.75) is 0 Å². The molecule has 0 spiro atoms. The summed E-state index contributed by atoms with van der Waals surface area (Å²) >= 11 is 0. The van der Waals surface area contributed by atoms with Crippen LogP contribution in [-0.4, -0.2) is 15.9 Å². The fraction of sp³-hybridized carbons (Fsp3) is 0. The zero-order valence-electron chi connectivity index (χ0n) is 8.72. The number of aromatic nitrogens is 2. The summed E-state index contributed by atoms with van der Waals surface area (Å²) in [6, 6.07) is 4.03. The van der Waals surface area contributed by atoms with Gasteiger partial charge in [0.2, 0.25) is 0 Å². The minimum atomic E-state index is -0.582. The van der Waals surface area contributed by atoms with Gasteiger partial charge >= 0.3 is 0 Å². The number of carbonyl (C=O) groups excluding carboxylic acids is 1. The highest BCUT2D eigenvalue weighted by Gasteiger charge is 2.08. The summed E-state index contributed by atoms with van der Waals surface area (Å²) in [7, 11) is 0. The van der Waals surface area contributed by atoms with Crippen LogP contribution in [-0.2, 0) is 0 Å². The summed E-state index contributed by atoms with van der Waals surface area (Å²) in [6.45, 7) is 0. The van der Waals surface area contributed by atoms with Crippen LogP contribution < -0.4 is 11.1 Å². The minimum Gasteiger partial charge on any atom is -0.396 e. The maximum absolute atomic E-state index is 13.1. The molecular weight excluding hydrogens is 223 g/mol. The molecule has 0 bridgehead atoms. The lowest BCUT2D eigenvalue weighted by atomic mass is 10.2. The summed E-state index contributed by atoms with van der Waals surface area (Å²) in [6.07, 6.45) is 4.18. The van der Waals surface area contributed by atoms with Crippen molar-refractivity contribution in [1.29, 1.82) is 0 Å². The van der Waals surface area contributed by atoms with E-state index in [9.17, 15) is 9.18 Å². The molecule has 17 heavy (non-hydrogen) atoms. The van der Waals surface area contributed by atoms with E-state index in [1.54, 1.807) is 0 Å². The van der Waals surface area contributed by atoms with Crippen LogP contribution in [0.3, 0.4) is 0 Å². The van der Waals surface area contributed by atoms with Crippen LogP contribution in [0.4, 0.5) is 15.8 Å². The highest BCUT2D eigenvalue weighted by atomic mass is 19.1. The Morgan fingerprint density at radius 3 is 2.82 bits per heavy atom. The van der Waals surface area contributed by atoms with Crippen molar-refractivity contribution < 1.29 is 9.18 Å². The molecule has 86 valence electrons. The van der Waals surface area contributed by atoms with Gasteiger partial charge in [-0.2, -0.15) is 0 Å². The molecule has 0 fully saturated rings. The SMILES string of the molecule is Nc1ccc(NC(=O)c2cnccn2)cc1F. The smallest absolute Gasteiger partial charge is 0.275 e. The predicted octanol–water partition coefficient (Wildman–Crippen LogP) is 1.45. The average molecular weight is 232 g/mol. The second kappa shape index (κ2) is 4.56. The molecule has 0 unspecified atom stereocenters. The van der Waals surface area contributed by atoms with Crippen LogP contribution in [0.25, 0.3) is 0 Å². The maximum Gasteiger partial charge on any atom is 0.275 e. The lowest BCUT2D eigenvalue weighted by molar-refractivity contribution is 0.102. The lowest BCUT2D eigenvalue weighted by Gasteiger charge is -2.05. The topological polar surface area (TPSA) is 80.9 Å². The molecule has 2 rings (SSSR count). The fourth-order valence-electron chi connectivity index (χ4n) is 1.22. The molecule has 5 nitrogen and oxygen atoms in total. The van der Waals surface area contributed by atoms with Gasteiger partial charge < -0.3 is 11.1 Å². The maximum atomic E-state index is 13.1. The van der Waals surface area contributed by atoms with E-state index in [1.165, 1.54) is 30.7 Å². The van der Waals surface area contributed by atoms with Crippen molar-refractivity contribution in [3.63, 3.8) is 0 Å². The molecule has 3 N–H and O–H groups in total. The Morgan fingerprint density at radius 1 is 1.35 bits per heavy atom. The molecule has 6 heteroatoms. The fourth-order valence-corrected chi connectivity index (χ4v) is 1.22. The first-order valence-electron chi connectivity index (χ1n) is 4.79. The van der Waals surface area contributed by atoms with Gasteiger partial charge in [-0.3, -0.25) is 9.78 Å². The van der Waals surface area contributed by atoms with Crippen molar-refractivity contribution >= 4 is 17.3 Å². The van der Waals surface area contributed by atoms with Crippen molar-refractivity contribution in [3.05, 3.63) is 48.3 Å². The molecule has 0 atom stereocenters. The monoisotopic (exact) mass is 232 g/mol. The number of nitrogens with two attached hydrogens (primary N) is 1. The van der Waals surface area contributed by atoms with Crippen molar-refractivity contribution in [2.24, 2.45) is 0 Å². The first-order chi connectivity index (χ1) is 8.16. The number of hydrogen-bond donors (Lipinski definition) is 2. The number of benzene rings is 1. The molecular formula is C11H9FN4O. The number of amides is 1. The zero-order chi connectivity index (χ0) is 12.3. The van der Waals surface area contributed by atoms with E-state index in [2.05, 4.69) is 15.3 Å². The molecule has 1 heterocycles. The van der Waals surface area contributed by atoms with Crippen LogP contribution in [0.1, 0.15) is 10.5 Å². The number of nitrogens with one attached hydrogen (secondary N) is 1. The predicted molar refractivity (Wildman–Crippen MR) is 60.8 cm³/mol. The first kappa shape index (κ1) is 11.0. The van der Waals surface area contributed by atoms with Gasteiger partial charge in [0.1, 0.15) is 11.5 Å².